The van der Waals surface area contributed by atoms with Gasteiger partial charge in [0.25, 0.3) is 0 Å². The largest absolute Gasteiger partial charge is 0.355 e. The van der Waals surface area contributed by atoms with Gasteiger partial charge >= 0.3 is 0 Å². The van der Waals surface area contributed by atoms with E-state index in [0.717, 1.165) is 19.0 Å². The second-order valence-corrected chi connectivity index (χ2v) is 10.1. The lowest BCUT2D eigenvalue weighted by Gasteiger charge is -2.39. The van der Waals surface area contributed by atoms with E-state index in [2.05, 4.69) is 47.8 Å². The van der Waals surface area contributed by atoms with Crippen LogP contribution in [0.25, 0.3) is 0 Å². The van der Waals surface area contributed by atoms with Gasteiger partial charge in [0.05, 0.1) is 10.5 Å². The van der Waals surface area contributed by atoms with Gasteiger partial charge in [0.2, 0.25) is 0 Å². The monoisotopic (exact) mass is 474 g/mol. The molecule has 1 fully saturated rings. The summed E-state index contributed by atoms with van der Waals surface area (Å²) in [6, 6.07) is 0.996. The molecule has 0 aromatic carbocycles. The van der Waals surface area contributed by atoms with Crippen molar-refractivity contribution in [1.29, 1.82) is 0 Å². The minimum atomic E-state index is -3.02. The molecule has 0 aromatic heterocycles. The standard InChI is InChI=1S/C16H34N4O2S.HI/c1-13(2)20(14(3)4)9-8-18-15(17-7)19-10-11-23(21,22)16(5,6)12-19;/h13-14H,8-12H2,1-7H3,(H,17,18);1H. The predicted molar refractivity (Wildman–Crippen MR) is 113 cm³/mol. The SMILES string of the molecule is CN=C(NCCN(C(C)C)C(C)C)N1CCS(=O)(=O)C(C)(C)C1.I. The van der Waals surface area contributed by atoms with Crippen molar-refractivity contribution in [3.8, 4) is 0 Å². The lowest BCUT2D eigenvalue weighted by Crippen LogP contribution is -2.57. The highest BCUT2D eigenvalue weighted by atomic mass is 127. The number of nitrogens with zero attached hydrogens (tertiary/aromatic N) is 3. The molecule has 0 spiro atoms. The van der Waals surface area contributed by atoms with Crippen LogP contribution in [-0.4, -0.2) is 80.0 Å². The molecule has 1 N–H and O–H groups in total. The first kappa shape index (κ1) is 23.9. The number of guanidine groups is 1. The van der Waals surface area contributed by atoms with E-state index in [9.17, 15) is 8.42 Å². The lowest BCUT2D eigenvalue weighted by atomic mass is 10.2. The maximum atomic E-state index is 12.1. The van der Waals surface area contributed by atoms with Gasteiger partial charge in [-0.1, -0.05) is 0 Å². The third-order valence-corrected chi connectivity index (χ3v) is 7.07. The van der Waals surface area contributed by atoms with Crippen LogP contribution in [0.3, 0.4) is 0 Å². The quantitative estimate of drug-likeness (QED) is 0.374. The summed E-state index contributed by atoms with van der Waals surface area (Å²) in [5.41, 5.74) is 0. The molecule has 1 aliphatic rings. The molecule has 1 heterocycles. The van der Waals surface area contributed by atoms with Crippen LogP contribution in [-0.2, 0) is 9.84 Å². The molecule has 0 saturated carbocycles. The lowest BCUT2D eigenvalue weighted by molar-refractivity contribution is 0.177. The van der Waals surface area contributed by atoms with Crippen molar-refractivity contribution in [1.82, 2.24) is 15.1 Å². The van der Waals surface area contributed by atoms with Gasteiger partial charge in [-0.15, -0.1) is 24.0 Å². The smallest absolute Gasteiger partial charge is 0.193 e. The number of sulfone groups is 1. The summed E-state index contributed by atoms with van der Waals surface area (Å²) in [5, 5.41) is 3.38. The summed E-state index contributed by atoms with van der Waals surface area (Å²) in [4.78, 5) is 8.80. The number of aliphatic imine (C=N–C) groups is 1. The fourth-order valence-corrected chi connectivity index (χ4v) is 4.43. The van der Waals surface area contributed by atoms with Gasteiger partial charge in [-0.25, -0.2) is 8.42 Å². The van der Waals surface area contributed by atoms with Crippen molar-refractivity contribution in [2.24, 2.45) is 4.99 Å². The summed E-state index contributed by atoms with van der Waals surface area (Å²) in [5.74, 6) is 0.977. The van der Waals surface area contributed by atoms with Crippen molar-refractivity contribution < 1.29 is 8.42 Å². The van der Waals surface area contributed by atoms with Gasteiger partial charge in [-0.2, -0.15) is 0 Å². The first-order valence-electron chi connectivity index (χ1n) is 8.45. The van der Waals surface area contributed by atoms with Crippen molar-refractivity contribution in [3.63, 3.8) is 0 Å². The number of hydrogen-bond acceptors (Lipinski definition) is 4. The minimum absolute atomic E-state index is 0. The molecule has 0 aromatic rings. The Morgan fingerprint density at radius 3 is 2.21 bits per heavy atom. The molecular formula is C16H35IN4O2S. The Labute approximate surface area is 165 Å². The third-order valence-electron chi connectivity index (χ3n) is 4.53. The number of hydrogen-bond donors (Lipinski definition) is 1. The Morgan fingerprint density at radius 2 is 1.79 bits per heavy atom. The third kappa shape index (κ3) is 6.01. The molecule has 1 aliphatic heterocycles. The van der Waals surface area contributed by atoms with E-state index in [4.69, 9.17) is 0 Å². The van der Waals surface area contributed by atoms with E-state index in [1.807, 2.05) is 0 Å². The van der Waals surface area contributed by atoms with Crippen LogP contribution in [0.1, 0.15) is 41.5 Å². The molecule has 0 bridgehead atoms. The molecule has 1 saturated heterocycles. The van der Waals surface area contributed by atoms with Crippen LogP contribution in [0.5, 0.6) is 0 Å². The zero-order valence-corrected chi connectivity index (χ0v) is 19.3. The molecule has 0 atom stereocenters. The molecule has 24 heavy (non-hydrogen) atoms. The van der Waals surface area contributed by atoms with Gasteiger partial charge in [0.1, 0.15) is 0 Å². The summed E-state index contributed by atoms with van der Waals surface area (Å²) >= 11 is 0. The highest BCUT2D eigenvalue weighted by molar-refractivity contribution is 14.0. The Hall–Kier alpha value is -0.0900. The molecule has 0 aliphatic carbocycles. The van der Waals surface area contributed by atoms with Crippen LogP contribution in [0.2, 0.25) is 0 Å². The molecule has 6 nitrogen and oxygen atoms in total. The highest BCUT2D eigenvalue weighted by Crippen LogP contribution is 2.23. The molecule has 144 valence electrons. The number of rotatable bonds is 5. The molecule has 0 unspecified atom stereocenters. The van der Waals surface area contributed by atoms with Gasteiger partial charge in [-0.05, 0) is 41.5 Å². The minimum Gasteiger partial charge on any atom is -0.355 e. The van der Waals surface area contributed by atoms with Gasteiger partial charge in [0.15, 0.2) is 15.8 Å². The second-order valence-electron chi connectivity index (χ2n) is 7.40. The molecule has 0 amide bonds. The predicted octanol–water partition coefficient (Wildman–Crippen LogP) is 1.81. The molecule has 8 heteroatoms. The molecular weight excluding hydrogens is 439 g/mol. The number of nitrogens with one attached hydrogen (secondary N) is 1. The summed E-state index contributed by atoms with van der Waals surface area (Å²) in [6.07, 6.45) is 0. The Bertz CT molecular complexity index is 510. The van der Waals surface area contributed by atoms with Crippen molar-refractivity contribution in [3.05, 3.63) is 0 Å². The van der Waals surface area contributed by atoms with Gasteiger partial charge in [0, 0.05) is 45.3 Å². The van der Waals surface area contributed by atoms with E-state index in [0.29, 0.717) is 25.2 Å². The summed E-state index contributed by atoms with van der Waals surface area (Å²) in [7, 11) is -1.27. The van der Waals surface area contributed by atoms with Gasteiger partial charge in [-0.3, -0.25) is 9.89 Å². The van der Waals surface area contributed by atoms with Crippen LogP contribution in [0.15, 0.2) is 4.99 Å². The maximum Gasteiger partial charge on any atom is 0.193 e. The zero-order valence-electron chi connectivity index (χ0n) is 16.2. The van der Waals surface area contributed by atoms with Crippen LogP contribution >= 0.6 is 24.0 Å². The topological polar surface area (TPSA) is 65.0 Å². The van der Waals surface area contributed by atoms with Gasteiger partial charge < -0.3 is 10.2 Å². The molecule has 0 radical (unpaired) electrons. The van der Waals surface area contributed by atoms with E-state index >= 15 is 0 Å². The van der Waals surface area contributed by atoms with E-state index in [1.165, 1.54) is 0 Å². The highest BCUT2D eigenvalue weighted by Gasteiger charge is 2.40. The van der Waals surface area contributed by atoms with Crippen LogP contribution in [0, 0.1) is 0 Å². The van der Waals surface area contributed by atoms with E-state index < -0.39 is 14.6 Å². The van der Waals surface area contributed by atoms with Crippen LogP contribution in [0.4, 0.5) is 0 Å². The Kier molecular flexibility index (Phi) is 9.53. The average molecular weight is 474 g/mol. The van der Waals surface area contributed by atoms with Crippen LogP contribution < -0.4 is 5.32 Å². The fraction of sp³-hybridized carbons (Fsp3) is 0.938. The number of halogens is 1. The summed E-state index contributed by atoms with van der Waals surface area (Å²) < 4.78 is 23.5. The van der Waals surface area contributed by atoms with Crippen molar-refractivity contribution in [2.75, 3.05) is 39.0 Å². The summed E-state index contributed by atoms with van der Waals surface area (Å²) in [6.45, 7) is 15.1. The van der Waals surface area contributed by atoms with E-state index in [1.54, 1.807) is 20.9 Å². The van der Waals surface area contributed by atoms with E-state index in [-0.39, 0.29) is 29.7 Å². The normalized spacial score (nSPS) is 20.4. The maximum absolute atomic E-state index is 12.1. The Morgan fingerprint density at radius 1 is 1.25 bits per heavy atom. The first-order valence-corrected chi connectivity index (χ1v) is 10.1. The molecule has 1 rings (SSSR count). The van der Waals surface area contributed by atoms with Crippen molar-refractivity contribution in [2.45, 2.75) is 58.4 Å². The Balaban J connectivity index is 0.00000529. The second kappa shape index (κ2) is 9.56. The average Bonchev–Trinajstić information content (AvgIpc) is 2.41. The van der Waals surface area contributed by atoms with Crippen molar-refractivity contribution >= 4 is 39.8 Å². The fourth-order valence-electron chi connectivity index (χ4n) is 3.07. The first-order chi connectivity index (χ1) is 10.5. The zero-order chi connectivity index (χ0) is 17.8.